The van der Waals surface area contributed by atoms with Crippen molar-refractivity contribution in [3.05, 3.63) is 35.0 Å². The standard InChI is InChI=1S/C16H21ClN2O2S/c1-22(20,21)16-4-2-3-14(16)18-8-7-11-10-19-15-9-12(17)5-6-13(11)15/h5-6,9-10,14,16,18-19H,2-4,7-8H2,1H3/t14-,16-/m0/s1. The van der Waals surface area contributed by atoms with Crippen molar-refractivity contribution in [2.45, 2.75) is 37.0 Å². The quantitative estimate of drug-likeness (QED) is 0.879. The van der Waals surface area contributed by atoms with Gasteiger partial charge in [0.05, 0.1) is 5.25 Å². The topological polar surface area (TPSA) is 62.0 Å². The van der Waals surface area contributed by atoms with Crippen LogP contribution in [0.1, 0.15) is 24.8 Å². The van der Waals surface area contributed by atoms with Gasteiger partial charge in [-0.15, -0.1) is 0 Å². The highest BCUT2D eigenvalue weighted by molar-refractivity contribution is 7.91. The number of halogens is 1. The molecule has 4 nitrogen and oxygen atoms in total. The monoisotopic (exact) mass is 340 g/mol. The molecular weight excluding hydrogens is 320 g/mol. The Hall–Kier alpha value is -1.04. The molecule has 2 N–H and O–H groups in total. The van der Waals surface area contributed by atoms with Crippen molar-refractivity contribution in [1.29, 1.82) is 0 Å². The van der Waals surface area contributed by atoms with Gasteiger partial charge in [0.25, 0.3) is 0 Å². The molecule has 6 heteroatoms. The molecule has 0 bridgehead atoms. The van der Waals surface area contributed by atoms with Crippen LogP contribution in [0.4, 0.5) is 0 Å². The maximum absolute atomic E-state index is 11.8. The number of hydrogen-bond acceptors (Lipinski definition) is 3. The van der Waals surface area contributed by atoms with E-state index in [0.717, 1.165) is 42.8 Å². The maximum atomic E-state index is 11.8. The van der Waals surface area contributed by atoms with E-state index in [4.69, 9.17) is 11.6 Å². The lowest BCUT2D eigenvalue weighted by Gasteiger charge is -2.19. The summed E-state index contributed by atoms with van der Waals surface area (Å²) in [5.41, 5.74) is 2.27. The predicted molar refractivity (Wildman–Crippen MR) is 91.3 cm³/mol. The Balaban J connectivity index is 1.63. The molecule has 0 radical (unpaired) electrons. The third-order valence-electron chi connectivity index (χ3n) is 4.53. The van der Waals surface area contributed by atoms with Gasteiger partial charge in [-0.3, -0.25) is 0 Å². The van der Waals surface area contributed by atoms with Crippen molar-refractivity contribution in [3.63, 3.8) is 0 Å². The lowest BCUT2D eigenvalue weighted by atomic mass is 10.1. The van der Waals surface area contributed by atoms with Crippen LogP contribution in [-0.4, -0.2) is 37.5 Å². The molecule has 0 unspecified atom stereocenters. The maximum Gasteiger partial charge on any atom is 0.151 e. The fourth-order valence-electron chi connectivity index (χ4n) is 3.43. The van der Waals surface area contributed by atoms with E-state index in [0.29, 0.717) is 0 Å². The van der Waals surface area contributed by atoms with Gasteiger partial charge in [0.15, 0.2) is 9.84 Å². The molecule has 0 spiro atoms. The van der Waals surface area contributed by atoms with Gasteiger partial charge in [-0.25, -0.2) is 8.42 Å². The van der Waals surface area contributed by atoms with E-state index in [1.807, 2.05) is 24.4 Å². The molecule has 0 aliphatic heterocycles. The summed E-state index contributed by atoms with van der Waals surface area (Å²) in [4.78, 5) is 3.23. The van der Waals surface area contributed by atoms with Crippen molar-refractivity contribution in [3.8, 4) is 0 Å². The second-order valence-electron chi connectivity index (χ2n) is 6.11. The number of nitrogens with one attached hydrogen (secondary N) is 2. The molecule has 1 saturated carbocycles. The summed E-state index contributed by atoms with van der Waals surface area (Å²) in [6, 6.07) is 5.93. The number of rotatable bonds is 5. The summed E-state index contributed by atoms with van der Waals surface area (Å²) >= 11 is 5.99. The fraction of sp³-hybridized carbons (Fsp3) is 0.500. The molecule has 2 aromatic rings. The molecule has 120 valence electrons. The van der Waals surface area contributed by atoms with Gasteiger partial charge in [0.2, 0.25) is 0 Å². The fourth-order valence-corrected chi connectivity index (χ4v) is 5.03. The van der Waals surface area contributed by atoms with Crippen LogP contribution in [-0.2, 0) is 16.3 Å². The number of fused-ring (bicyclic) bond motifs is 1. The van der Waals surface area contributed by atoms with Gasteiger partial charge in [0, 0.05) is 34.4 Å². The first-order valence-electron chi connectivity index (χ1n) is 7.63. The van der Waals surface area contributed by atoms with Gasteiger partial charge in [0.1, 0.15) is 0 Å². The van der Waals surface area contributed by atoms with Gasteiger partial charge < -0.3 is 10.3 Å². The number of sulfone groups is 1. The SMILES string of the molecule is CS(=O)(=O)[C@H]1CCC[C@@H]1NCCc1c[nH]c2cc(Cl)ccc12. The smallest absolute Gasteiger partial charge is 0.151 e. The van der Waals surface area contributed by atoms with Gasteiger partial charge >= 0.3 is 0 Å². The Morgan fingerprint density at radius 3 is 2.95 bits per heavy atom. The van der Waals surface area contributed by atoms with Crippen LogP contribution < -0.4 is 5.32 Å². The number of aromatic amines is 1. The van der Waals surface area contributed by atoms with Gasteiger partial charge in [-0.05, 0) is 43.5 Å². The third kappa shape index (κ3) is 3.31. The zero-order chi connectivity index (χ0) is 15.7. The molecule has 1 fully saturated rings. The zero-order valence-electron chi connectivity index (χ0n) is 12.6. The summed E-state index contributed by atoms with van der Waals surface area (Å²) in [5, 5.41) is 5.11. The summed E-state index contributed by atoms with van der Waals surface area (Å²) in [5.74, 6) is 0. The van der Waals surface area contributed by atoms with E-state index >= 15 is 0 Å². The minimum atomic E-state index is -2.96. The molecule has 3 rings (SSSR count). The second kappa shape index (κ2) is 6.22. The third-order valence-corrected chi connectivity index (χ3v) is 6.43. The summed E-state index contributed by atoms with van der Waals surface area (Å²) in [7, 11) is -2.96. The highest BCUT2D eigenvalue weighted by Gasteiger charge is 2.34. The summed E-state index contributed by atoms with van der Waals surface area (Å²) in [6.07, 6.45) is 6.94. The van der Waals surface area contributed by atoms with Crippen molar-refractivity contribution in [2.24, 2.45) is 0 Å². The van der Waals surface area contributed by atoms with E-state index < -0.39 is 9.84 Å². The lowest BCUT2D eigenvalue weighted by molar-refractivity contribution is 0.510. The first kappa shape index (κ1) is 15.8. The molecule has 1 aliphatic rings. The van der Waals surface area contributed by atoms with Crippen molar-refractivity contribution in [1.82, 2.24) is 10.3 Å². The first-order chi connectivity index (χ1) is 10.4. The average Bonchev–Trinajstić information content (AvgIpc) is 3.05. The van der Waals surface area contributed by atoms with Crippen molar-refractivity contribution < 1.29 is 8.42 Å². The predicted octanol–water partition coefficient (Wildman–Crippen LogP) is 2.92. The van der Waals surface area contributed by atoms with Crippen LogP contribution in [0.5, 0.6) is 0 Å². The molecule has 0 amide bonds. The highest BCUT2D eigenvalue weighted by atomic mass is 35.5. The molecule has 1 aromatic carbocycles. The Kier molecular flexibility index (Phi) is 4.48. The Morgan fingerprint density at radius 1 is 1.36 bits per heavy atom. The summed E-state index contributed by atoms with van der Waals surface area (Å²) < 4.78 is 23.6. The largest absolute Gasteiger partial charge is 0.361 e. The molecule has 1 heterocycles. The summed E-state index contributed by atoms with van der Waals surface area (Å²) in [6.45, 7) is 0.784. The number of aromatic nitrogens is 1. The van der Waals surface area contributed by atoms with Crippen LogP contribution in [0.2, 0.25) is 5.02 Å². The number of H-pyrrole nitrogens is 1. The minimum Gasteiger partial charge on any atom is -0.361 e. The molecule has 22 heavy (non-hydrogen) atoms. The van der Waals surface area contributed by atoms with Crippen molar-refractivity contribution in [2.75, 3.05) is 12.8 Å². The van der Waals surface area contributed by atoms with Crippen LogP contribution in [0, 0.1) is 0 Å². The van der Waals surface area contributed by atoms with Gasteiger partial charge in [-0.2, -0.15) is 0 Å². The van der Waals surface area contributed by atoms with E-state index in [1.165, 1.54) is 17.2 Å². The average molecular weight is 341 g/mol. The Morgan fingerprint density at radius 2 is 2.18 bits per heavy atom. The second-order valence-corrected chi connectivity index (χ2v) is 8.81. The molecular formula is C16H21ClN2O2S. The van der Waals surface area contributed by atoms with Crippen LogP contribution in [0.3, 0.4) is 0 Å². The van der Waals surface area contributed by atoms with E-state index in [1.54, 1.807) is 0 Å². The Labute approximate surface area is 136 Å². The molecule has 1 aromatic heterocycles. The van der Waals surface area contributed by atoms with Crippen LogP contribution in [0.15, 0.2) is 24.4 Å². The first-order valence-corrected chi connectivity index (χ1v) is 9.96. The minimum absolute atomic E-state index is 0.0923. The normalized spacial score (nSPS) is 22.5. The molecule has 1 aliphatic carbocycles. The highest BCUT2D eigenvalue weighted by Crippen LogP contribution is 2.25. The van der Waals surface area contributed by atoms with E-state index in [9.17, 15) is 8.42 Å². The number of hydrogen-bond donors (Lipinski definition) is 2. The zero-order valence-corrected chi connectivity index (χ0v) is 14.2. The lowest BCUT2D eigenvalue weighted by Crippen LogP contribution is -2.40. The molecule has 0 saturated heterocycles. The van der Waals surface area contributed by atoms with E-state index in [-0.39, 0.29) is 11.3 Å². The number of benzene rings is 1. The van der Waals surface area contributed by atoms with Gasteiger partial charge in [-0.1, -0.05) is 24.1 Å². The Bertz CT molecular complexity index is 770. The molecule has 2 atom stereocenters. The van der Waals surface area contributed by atoms with Crippen LogP contribution in [0.25, 0.3) is 10.9 Å². The van der Waals surface area contributed by atoms with Crippen LogP contribution >= 0.6 is 11.6 Å². The van der Waals surface area contributed by atoms with E-state index in [2.05, 4.69) is 10.3 Å². The van der Waals surface area contributed by atoms with Crippen molar-refractivity contribution >= 4 is 32.3 Å².